The van der Waals surface area contributed by atoms with Crippen LogP contribution in [0, 0.1) is 0 Å². The Morgan fingerprint density at radius 2 is 2.56 bits per heavy atom. The molecule has 1 amide bonds. The van der Waals surface area contributed by atoms with Gasteiger partial charge in [-0.25, -0.2) is 0 Å². The summed E-state index contributed by atoms with van der Waals surface area (Å²) >= 11 is 0. The van der Waals surface area contributed by atoms with Crippen LogP contribution in [0.4, 0.5) is 0 Å². The number of carbonyl (C=O) groups excluding carboxylic acids is 1. The number of aromatic nitrogens is 2. The summed E-state index contributed by atoms with van der Waals surface area (Å²) in [7, 11) is 0. The molecule has 5 nitrogen and oxygen atoms in total. The maximum atomic E-state index is 11.5. The minimum atomic E-state index is -0.218. The molecule has 0 spiro atoms. The summed E-state index contributed by atoms with van der Waals surface area (Å²) < 4.78 is 7.15. The van der Waals surface area contributed by atoms with Crippen molar-refractivity contribution in [3.8, 4) is 0 Å². The van der Waals surface area contributed by atoms with Crippen molar-refractivity contribution >= 4 is 5.91 Å². The van der Waals surface area contributed by atoms with Crippen LogP contribution < -0.4 is 5.32 Å². The lowest BCUT2D eigenvalue weighted by molar-refractivity contribution is -0.130. The molecule has 0 bridgehead atoms. The van der Waals surface area contributed by atoms with Crippen molar-refractivity contribution in [2.45, 2.75) is 31.9 Å². The molecule has 2 heterocycles. The molecule has 1 atom stereocenters. The highest BCUT2D eigenvalue weighted by Gasteiger charge is 2.22. The molecular weight excluding hydrogens is 206 g/mol. The summed E-state index contributed by atoms with van der Waals surface area (Å²) in [6, 6.07) is 1.89. The molecule has 16 heavy (non-hydrogen) atoms. The Kier molecular flexibility index (Phi) is 3.93. The first-order chi connectivity index (χ1) is 7.86. The first kappa shape index (κ1) is 11.1. The summed E-state index contributed by atoms with van der Waals surface area (Å²) in [5.41, 5.74) is 0. The van der Waals surface area contributed by atoms with Crippen LogP contribution in [0.25, 0.3) is 0 Å². The van der Waals surface area contributed by atoms with Gasteiger partial charge in [0.2, 0.25) is 5.91 Å². The van der Waals surface area contributed by atoms with E-state index in [0.717, 1.165) is 25.8 Å². The number of hydrogen-bond acceptors (Lipinski definition) is 3. The molecule has 1 aromatic heterocycles. The van der Waals surface area contributed by atoms with Crippen molar-refractivity contribution in [3.05, 3.63) is 18.5 Å². The molecule has 1 fully saturated rings. The highest BCUT2D eigenvalue weighted by atomic mass is 16.5. The number of nitrogens with zero attached hydrogens (tertiary/aromatic N) is 2. The van der Waals surface area contributed by atoms with Gasteiger partial charge in [-0.3, -0.25) is 9.48 Å². The maximum absolute atomic E-state index is 11.5. The third-order valence-electron chi connectivity index (χ3n) is 2.64. The van der Waals surface area contributed by atoms with Crippen molar-refractivity contribution in [2.24, 2.45) is 0 Å². The Hall–Kier alpha value is -1.36. The quantitative estimate of drug-likeness (QED) is 0.742. The van der Waals surface area contributed by atoms with Gasteiger partial charge in [0.1, 0.15) is 6.10 Å². The fraction of sp³-hybridized carbons (Fsp3) is 0.636. The Balaban J connectivity index is 1.59. The third-order valence-corrected chi connectivity index (χ3v) is 2.64. The normalized spacial score (nSPS) is 19.9. The van der Waals surface area contributed by atoms with Crippen molar-refractivity contribution in [1.82, 2.24) is 15.1 Å². The standard InChI is InChI=1S/C11H17N3O2/c15-11(10-4-1-9-16-10)12-5-2-7-14-8-3-6-13-14/h3,6,8,10H,1-2,4-5,7,9H2,(H,12,15). The molecule has 1 saturated heterocycles. The Labute approximate surface area is 94.8 Å². The number of nitrogens with one attached hydrogen (secondary N) is 1. The summed E-state index contributed by atoms with van der Waals surface area (Å²) in [6.07, 6.45) is 6.19. The van der Waals surface area contributed by atoms with Gasteiger partial charge in [-0.2, -0.15) is 5.10 Å². The maximum Gasteiger partial charge on any atom is 0.249 e. The van der Waals surface area contributed by atoms with E-state index >= 15 is 0 Å². The lowest BCUT2D eigenvalue weighted by atomic mass is 10.2. The predicted molar refractivity (Wildman–Crippen MR) is 58.8 cm³/mol. The molecule has 1 N–H and O–H groups in total. The second-order valence-corrected chi connectivity index (χ2v) is 3.92. The van der Waals surface area contributed by atoms with E-state index in [9.17, 15) is 4.79 Å². The van der Waals surface area contributed by atoms with Gasteiger partial charge in [-0.15, -0.1) is 0 Å². The monoisotopic (exact) mass is 223 g/mol. The number of aryl methyl sites for hydroxylation is 1. The SMILES string of the molecule is O=C(NCCCn1cccn1)C1CCCO1. The van der Waals surface area contributed by atoms with E-state index in [0.29, 0.717) is 13.2 Å². The van der Waals surface area contributed by atoms with Gasteiger partial charge >= 0.3 is 0 Å². The predicted octanol–water partition coefficient (Wildman–Crippen LogP) is 0.568. The van der Waals surface area contributed by atoms with E-state index in [2.05, 4.69) is 10.4 Å². The molecule has 88 valence electrons. The van der Waals surface area contributed by atoms with E-state index in [4.69, 9.17) is 4.74 Å². The molecule has 1 aliphatic heterocycles. The van der Waals surface area contributed by atoms with Gasteiger partial charge in [0.25, 0.3) is 0 Å². The van der Waals surface area contributed by atoms with Crippen LogP contribution in [0.1, 0.15) is 19.3 Å². The number of ether oxygens (including phenoxy) is 1. The van der Waals surface area contributed by atoms with E-state index in [1.54, 1.807) is 6.20 Å². The smallest absolute Gasteiger partial charge is 0.249 e. The topological polar surface area (TPSA) is 56.2 Å². The van der Waals surface area contributed by atoms with Crippen molar-refractivity contribution in [3.63, 3.8) is 0 Å². The van der Waals surface area contributed by atoms with Crippen molar-refractivity contribution < 1.29 is 9.53 Å². The summed E-state index contributed by atoms with van der Waals surface area (Å²) in [4.78, 5) is 11.5. The average Bonchev–Trinajstić information content (AvgIpc) is 2.96. The zero-order valence-corrected chi connectivity index (χ0v) is 9.26. The fourth-order valence-electron chi connectivity index (χ4n) is 1.78. The zero-order valence-electron chi connectivity index (χ0n) is 9.26. The van der Waals surface area contributed by atoms with Gasteiger partial charge in [0, 0.05) is 32.1 Å². The summed E-state index contributed by atoms with van der Waals surface area (Å²) in [6.45, 7) is 2.22. The molecule has 1 unspecified atom stereocenters. The number of hydrogen-bond donors (Lipinski definition) is 1. The minimum Gasteiger partial charge on any atom is -0.368 e. The number of rotatable bonds is 5. The van der Waals surface area contributed by atoms with E-state index in [-0.39, 0.29) is 12.0 Å². The molecule has 0 radical (unpaired) electrons. The van der Waals surface area contributed by atoms with Crippen molar-refractivity contribution in [1.29, 1.82) is 0 Å². The van der Waals surface area contributed by atoms with Crippen LogP contribution in [0.15, 0.2) is 18.5 Å². The van der Waals surface area contributed by atoms with Gasteiger partial charge < -0.3 is 10.1 Å². The first-order valence-corrected chi connectivity index (χ1v) is 5.73. The molecule has 1 aliphatic rings. The molecule has 2 rings (SSSR count). The molecular formula is C11H17N3O2. The van der Waals surface area contributed by atoms with Gasteiger partial charge in [-0.05, 0) is 25.3 Å². The molecule has 5 heteroatoms. The fourth-order valence-corrected chi connectivity index (χ4v) is 1.78. The summed E-state index contributed by atoms with van der Waals surface area (Å²) in [5.74, 6) is 0.0259. The minimum absolute atomic E-state index is 0.0259. The largest absolute Gasteiger partial charge is 0.368 e. The van der Waals surface area contributed by atoms with Gasteiger partial charge in [0.15, 0.2) is 0 Å². The number of carbonyl (C=O) groups is 1. The Morgan fingerprint density at radius 3 is 3.25 bits per heavy atom. The Morgan fingerprint density at radius 1 is 1.62 bits per heavy atom. The number of amides is 1. The van der Waals surface area contributed by atoms with Crippen molar-refractivity contribution in [2.75, 3.05) is 13.2 Å². The molecule has 0 aliphatic carbocycles. The van der Waals surface area contributed by atoms with Crippen LogP contribution in [-0.4, -0.2) is 34.9 Å². The second kappa shape index (κ2) is 5.65. The zero-order chi connectivity index (χ0) is 11.2. The third kappa shape index (κ3) is 3.06. The second-order valence-electron chi connectivity index (χ2n) is 3.92. The lowest BCUT2D eigenvalue weighted by Gasteiger charge is -2.10. The first-order valence-electron chi connectivity index (χ1n) is 5.73. The van der Waals surface area contributed by atoms with E-state index in [1.165, 1.54) is 0 Å². The van der Waals surface area contributed by atoms with E-state index in [1.807, 2.05) is 16.9 Å². The average molecular weight is 223 g/mol. The van der Waals surface area contributed by atoms with E-state index < -0.39 is 0 Å². The van der Waals surface area contributed by atoms with Gasteiger partial charge in [-0.1, -0.05) is 0 Å². The molecule has 0 aromatic carbocycles. The van der Waals surface area contributed by atoms with Gasteiger partial charge in [0.05, 0.1) is 0 Å². The summed E-state index contributed by atoms with van der Waals surface area (Å²) in [5, 5.41) is 6.97. The van der Waals surface area contributed by atoms with Crippen LogP contribution >= 0.6 is 0 Å². The molecule has 0 saturated carbocycles. The lowest BCUT2D eigenvalue weighted by Crippen LogP contribution is -2.35. The van der Waals surface area contributed by atoms with Crippen LogP contribution in [0.3, 0.4) is 0 Å². The Bertz CT molecular complexity index is 318. The highest BCUT2D eigenvalue weighted by molar-refractivity contribution is 5.80. The molecule has 1 aromatic rings. The highest BCUT2D eigenvalue weighted by Crippen LogP contribution is 2.11. The van der Waals surface area contributed by atoms with Crippen LogP contribution in [-0.2, 0) is 16.1 Å². The van der Waals surface area contributed by atoms with Crippen LogP contribution in [0.5, 0.6) is 0 Å². The van der Waals surface area contributed by atoms with Crippen LogP contribution in [0.2, 0.25) is 0 Å².